The van der Waals surface area contributed by atoms with Gasteiger partial charge in [-0.1, -0.05) is 0 Å². The third-order valence-corrected chi connectivity index (χ3v) is 5.00. The first-order valence-electron chi connectivity index (χ1n) is 9.27. The first-order chi connectivity index (χ1) is 13.6. The lowest BCUT2D eigenvalue weighted by Gasteiger charge is -2.47. The average molecular weight is 423 g/mol. The fourth-order valence-corrected chi connectivity index (χ4v) is 3.55. The van der Waals surface area contributed by atoms with Gasteiger partial charge in [0.15, 0.2) is 6.29 Å². The third kappa shape index (κ3) is 5.48. The van der Waals surface area contributed by atoms with Crippen LogP contribution in [0.3, 0.4) is 0 Å². The van der Waals surface area contributed by atoms with Crippen LogP contribution in [0, 0.1) is 0 Å². The third-order valence-electron chi connectivity index (χ3n) is 5.00. The molecule has 12 nitrogen and oxygen atoms in total. The molecule has 0 aliphatic carbocycles. The summed E-state index contributed by atoms with van der Waals surface area (Å²) in [7, 11) is 0. The van der Waals surface area contributed by atoms with Crippen LogP contribution in [0.25, 0.3) is 0 Å². The number of aliphatic hydroxyl groups is 6. The van der Waals surface area contributed by atoms with E-state index < -0.39 is 80.3 Å². The van der Waals surface area contributed by atoms with Crippen LogP contribution in [0.15, 0.2) is 0 Å². The SMILES string of the molecule is CC(=O)C[C@@H]1O[C@H](CO)[C@@H](O[C@@H]2O[C@H](CO)[C@H](O)[C@H](O)[C@H]2O)[C@H](O)[C@H]1NC(C)=O. The number of amides is 1. The molecule has 0 aromatic heterocycles. The lowest BCUT2D eigenvalue weighted by Crippen LogP contribution is -2.67. The van der Waals surface area contributed by atoms with Gasteiger partial charge in [-0.3, -0.25) is 9.59 Å². The number of carbonyl (C=O) groups excluding carboxylic acids is 2. The summed E-state index contributed by atoms with van der Waals surface area (Å²) in [5.74, 6) is -0.761. The number of Topliss-reactive ketones (excluding diaryl/α,β-unsaturated/α-hetero) is 1. The number of nitrogens with one attached hydrogen (secondary N) is 1. The predicted octanol–water partition coefficient (Wildman–Crippen LogP) is -4.22. The zero-order chi connectivity index (χ0) is 21.9. The molecule has 29 heavy (non-hydrogen) atoms. The quantitative estimate of drug-likeness (QED) is 0.210. The lowest BCUT2D eigenvalue weighted by atomic mass is 9.90. The molecule has 7 N–H and O–H groups in total. The van der Waals surface area contributed by atoms with Gasteiger partial charge in [0.05, 0.1) is 25.4 Å². The van der Waals surface area contributed by atoms with E-state index in [1.807, 2.05) is 0 Å². The van der Waals surface area contributed by atoms with E-state index in [9.17, 15) is 40.2 Å². The average Bonchev–Trinajstić information content (AvgIpc) is 2.66. The number of aliphatic hydroxyl groups excluding tert-OH is 6. The molecule has 2 aliphatic heterocycles. The topological polar surface area (TPSA) is 195 Å². The van der Waals surface area contributed by atoms with Crippen LogP contribution in [0.5, 0.6) is 0 Å². The minimum atomic E-state index is -1.73. The van der Waals surface area contributed by atoms with Crippen molar-refractivity contribution in [2.24, 2.45) is 0 Å². The largest absolute Gasteiger partial charge is 0.394 e. The van der Waals surface area contributed by atoms with Crippen molar-refractivity contribution in [3.05, 3.63) is 0 Å². The van der Waals surface area contributed by atoms with Gasteiger partial charge in [0.2, 0.25) is 5.91 Å². The summed E-state index contributed by atoms with van der Waals surface area (Å²) < 4.78 is 16.5. The van der Waals surface area contributed by atoms with Crippen LogP contribution in [-0.2, 0) is 23.8 Å². The maximum atomic E-state index is 11.5. The highest BCUT2D eigenvalue weighted by atomic mass is 16.7. The minimum absolute atomic E-state index is 0.134. The molecule has 2 saturated heterocycles. The van der Waals surface area contributed by atoms with E-state index >= 15 is 0 Å². The van der Waals surface area contributed by atoms with E-state index in [0.717, 1.165) is 0 Å². The summed E-state index contributed by atoms with van der Waals surface area (Å²) in [6.45, 7) is 1.22. The van der Waals surface area contributed by atoms with Crippen molar-refractivity contribution in [2.45, 2.75) is 81.4 Å². The molecule has 0 spiro atoms. The standard InChI is InChI=1S/C17H29NO11/c1-6(21)3-8-11(18-7(2)22)13(24)16(10(5-20)27-8)29-17-15(26)14(25)12(23)9(4-19)28-17/h8-17,19-20,23-26H,3-5H2,1-2H3,(H,18,22)/t8-,9+,10+,11-,12-,13+,14-,15+,16+,17-/m0/s1. The Morgan fingerprint density at radius 1 is 0.862 bits per heavy atom. The number of rotatable bonds is 7. The van der Waals surface area contributed by atoms with Crippen LogP contribution in [0.2, 0.25) is 0 Å². The number of ether oxygens (including phenoxy) is 3. The Morgan fingerprint density at radius 3 is 2.00 bits per heavy atom. The van der Waals surface area contributed by atoms with Crippen molar-refractivity contribution in [3.8, 4) is 0 Å². The Bertz CT molecular complexity index is 574. The van der Waals surface area contributed by atoms with E-state index in [1.54, 1.807) is 0 Å². The van der Waals surface area contributed by atoms with Gasteiger partial charge in [0.25, 0.3) is 0 Å². The molecule has 2 heterocycles. The van der Waals surface area contributed by atoms with E-state index in [2.05, 4.69) is 5.32 Å². The zero-order valence-corrected chi connectivity index (χ0v) is 16.1. The van der Waals surface area contributed by atoms with Crippen molar-refractivity contribution >= 4 is 11.7 Å². The fraction of sp³-hybridized carbons (Fsp3) is 0.882. The molecule has 2 fully saturated rings. The summed E-state index contributed by atoms with van der Waals surface area (Å²) in [4.78, 5) is 23.1. The van der Waals surface area contributed by atoms with Crippen molar-refractivity contribution in [2.75, 3.05) is 13.2 Å². The first kappa shape index (κ1) is 24.1. The zero-order valence-electron chi connectivity index (χ0n) is 16.1. The highest BCUT2D eigenvalue weighted by Gasteiger charge is 2.50. The van der Waals surface area contributed by atoms with Crippen LogP contribution in [-0.4, -0.2) is 117 Å². The molecule has 0 aromatic carbocycles. The molecule has 2 rings (SSSR count). The molecular formula is C17H29NO11. The van der Waals surface area contributed by atoms with E-state index in [1.165, 1.54) is 13.8 Å². The Labute approximate surface area is 167 Å². The summed E-state index contributed by atoms with van der Waals surface area (Å²) in [6, 6.07) is -1.06. The van der Waals surface area contributed by atoms with Gasteiger partial charge in [-0.05, 0) is 6.92 Å². The van der Waals surface area contributed by atoms with Crippen LogP contribution >= 0.6 is 0 Å². The van der Waals surface area contributed by atoms with Gasteiger partial charge in [0, 0.05) is 13.3 Å². The molecule has 10 atom stereocenters. The summed E-state index contributed by atoms with van der Waals surface area (Å²) in [5.41, 5.74) is 0. The minimum Gasteiger partial charge on any atom is -0.394 e. The normalized spacial score (nSPS) is 43.0. The van der Waals surface area contributed by atoms with Crippen molar-refractivity contribution in [1.82, 2.24) is 5.32 Å². The van der Waals surface area contributed by atoms with Gasteiger partial charge in [-0.25, -0.2) is 0 Å². The second-order valence-electron chi connectivity index (χ2n) is 7.32. The summed E-state index contributed by atoms with van der Waals surface area (Å²) in [6.07, 6.45) is -12.8. The predicted molar refractivity (Wildman–Crippen MR) is 93.3 cm³/mol. The highest BCUT2D eigenvalue weighted by molar-refractivity contribution is 5.77. The molecular weight excluding hydrogens is 394 g/mol. The number of ketones is 1. The molecule has 0 aromatic rings. The van der Waals surface area contributed by atoms with E-state index in [0.29, 0.717) is 0 Å². The molecule has 2 aliphatic rings. The van der Waals surface area contributed by atoms with Gasteiger partial charge < -0.3 is 50.2 Å². The summed E-state index contributed by atoms with van der Waals surface area (Å²) >= 11 is 0. The lowest BCUT2D eigenvalue weighted by molar-refractivity contribution is -0.336. The fourth-order valence-electron chi connectivity index (χ4n) is 3.55. The maximum absolute atomic E-state index is 11.5. The molecule has 168 valence electrons. The van der Waals surface area contributed by atoms with Gasteiger partial charge in [-0.2, -0.15) is 0 Å². The van der Waals surface area contributed by atoms with E-state index in [-0.39, 0.29) is 12.2 Å². The molecule has 0 bridgehead atoms. The second kappa shape index (κ2) is 10.2. The van der Waals surface area contributed by atoms with Crippen LogP contribution in [0.4, 0.5) is 0 Å². The van der Waals surface area contributed by atoms with Crippen molar-refractivity contribution in [1.29, 1.82) is 0 Å². The van der Waals surface area contributed by atoms with Crippen LogP contribution < -0.4 is 5.32 Å². The monoisotopic (exact) mass is 423 g/mol. The molecule has 12 heteroatoms. The first-order valence-corrected chi connectivity index (χ1v) is 9.27. The number of hydrogen-bond acceptors (Lipinski definition) is 11. The van der Waals surface area contributed by atoms with Crippen molar-refractivity contribution in [3.63, 3.8) is 0 Å². The van der Waals surface area contributed by atoms with E-state index in [4.69, 9.17) is 14.2 Å². The smallest absolute Gasteiger partial charge is 0.217 e. The van der Waals surface area contributed by atoms with Gasteiger partial charge in [0.1, 0.15) is 48.5 Å². The Hall–Kier alpha value is -1.22. The summed E-state index contributed by atoms with van der Waals surface area (Å²) in [5, 5.41) is 62.1. The van der Waals surface area contributed by atoms with Gasteiger partial charge >= 0.3 is 0 Å². The molecule has 0 radical (unpaired) electrons. The number of hydrogen-bond donors (Lipinski definition) is 7. The highest BCUT2D eigenvalue weighted by Crippen LogP contribution is 2.30. The van der Waals surface area contributed by atoms with Crippen molar-refractivity contribution < 1.29 is 54.4 Å². The maximum Gasteiger partial charge on any atom is 0.217 e. The molecule has 0 unspecified atom stereocenters. The second-order valence-corrected chi connectivity index (χ2v) is 7.32. The molecule has 1 amide bonds. The Kier molecular flexibility index (Phi) is 8.46. The van der Waals surface area contributed by atoms with Gasteiger partial charge in [-0.15, -0.1) is 0 Å². The Balaban J connectivity index is 2.23. The number of carbonyl (C=O) groups is 2. The van der Waals surface area contributed by atoms with Crippen LogP contribution in [0.1, 0.15) is 20.3 Å². The molecule has 0 saturated carbocycles. The Morgan fingerprint density at radius 2 is 1.48 bits per heavy atom.